The molecule has 76 valence electrons. The number of nitrogens with one attached hydrogen (secondary N) is 1. The second-order valence-electron chi connectivity index (χ2n) is 3.26. The van der Waals surface area contributed by atoms with Gasteiger partial charge in [0.15, 0.2) is 5.78 Å². The summed E-state index contributed by atoms with van der Waals surface area (Å²) in [6.07, 6.45) is 1.50. The Hall–Kier alpha value is -1.97. The standard InChI is InChI=1S/C11H11N3O/c1-7(15)11-6-13-10-5-8(12-2)3-4-9(10)14-11/h3-6,12H,1-2H3. The van der Waals surface area contributed by atoms with Crippen LogP contribution in [0, 0.1) is 0 Å². The van der Waals surface area contributed by atoms with E-state index in [9.17, 15) is 4.79 Å². The average molecular weight is 201 g/mol. The number of rotatable bonds is 2. The third-order valence-electron chi connectivity index (χ3n) is 2.19. The molecule has 15 heavy (non-hydrogen) atoms. The van der Waals surface area contributed by atoms with Crippen molar-refractivity contribution in [2.45, 2.75) is 6.92 Å². The van der Waals surface area contributed by atoms with Crippen molar-refractivity contribution in [3.05, 3.63) is 30.1 Å². The molecule has 0 aliphatic carbocycles. The molecule has 0 unspecified atom stereocenters. The van der Waals surface area contributed by atoms with Crippen molar-refractivity contribution in [2.75, 3.05) is 12.4 Å². The van der Waals surface area contributed by atoms with Crippen LogP contribution < -0.4 is 5.32 Å². The summed E-state index contributed by atoms with van der Waals surface area (Å²) >= 11 is 0. The number of Topliss-reactive ketones (excluding diaryl/α,β-unsaturated/α-hetero) is 1. The van der Waals surface area contributed by atoms with Gasteiger partial charge < -0.3 is 5.32 Å². The summed E-state index contributed by atoms with van der Waals surface area (Å²) < 4.78 is 0. The van der Waals surface area contributed by atoms with E-state index in [2.05, 4.69) is 15.3 Å². The lowest BCUT2D eigenvalue weighted by molar-refractivity contribution is 0.101. The summed E-state index contributed by atoms with van der Waals surface area (Å²) in [7, 11) is 1.85. The van der Waals surface area contributed by atoms with E-state index in [1.165, 1.54) is 13.1 Å². The zero-order valence-electron chi connectivity index (χ0n) is 8.61. The Morgan fingerprint density at radius 1 is 1.33 bits per heavy atom. The minimum absolute atomic E-state index is 0.0675. The molecule has 0 saturated heterocycles. The highest BCUT2D eigenvalue weighted by Crippen LogP contribution is 2.15. The second-order valence-corrected chi connectivity index (χ2v) is 3.26. The molecule has 0 bridgehead atoms. The molecular formula is C11H11N3O. The highest BCUT2D eigenvalue weighted by atomic mass is 16.1. The fourth-order valence-corrected chi connectivity index (χ4v) is 1.34. The monoisotopic (exact) mass is 201 g/mol. The Balaban J connectivity index is 2.59. The molecule has 0 saturated carbocycles. The molecule has 2 aromatic rings. The van der Waals surface area contributed by atoms with Crippen LogP contribution in [0.3, 0.4) is 0 Å². The van der Waals surface area contributed by atoms with Crippen LogP contribution in [0.5, 0.6) is 0 Å². The maximum absolute atomic E-state index is 11.1. The second kappa shape index (κ2) is 3.65. The third kappa shape index (κ3) is 1.79. The molecule has 0 amide bonds. The fraction of sp³-hybridized carbons (Fsp3) is 0.182. The van der Waals surface area contributed by atoms with E-state index >= 15 is 0 Å². The molecule has 0 spiro atoms. The number of fused-ring (bicyclic) bond motifs is 1. The molecule has 0 atom stereocenters. The van der Waals surface area contributed by atoms with E-state index < -0.39 is 0 Å². The van der Waals surface area contributed by atoms with Crippen LogP contribution in [-0.4, -0.2) is 22.8 Å². The highest BCUT2D eigenvalue weighted by molar-refractivity contribution is 5.93. The SMILES string of the molecule is CNc1ccc2nc(C(C)=O)cnc2c1. The van der Waals surface area contributed by atoms with Crippen LogP contribution in [0.2, 0.25) is 0 Å². The quantitative estimate of drug-likeness (QED) is 0.753. The minimum Gasteiger partial charge on any atom is -0.388 e. The smallest absolute Gasteiger partial charge is 0.179 e. The lowest BCUT2D eigenvalue weighted by atomic mass is 10.2. The largest absolute Gasteiger partial charge is 0.388 e. The number of aromatic nitrogens is 2. The lowest BCUT2D eigenvalue weighted by Crippen LogP contribution is -1.98. The third-order valence-corrected chi connectivity index (χ3v) is 2.19. The zero-order valence-corrected chi connectivity index (χ0v) is 8.61. The number of carbonyl (C=O) groups excluding carboxylic acids is 1. The van der Waals surface area contributed by atoms with Crippen LogP contribution >= 0.6 is 0 Å². The van der Waals surface area contributed by atoms with Crippen molar-refractivity contribution in [3.63, 3.8) is 0 Å². The van der Waals surface area contributed by atoms with Crippen LogP contribution in [-0.2, 0) is 0 Å². The number of carbonyl (C=O) groups is 1. The van der Waals surface area contributed by atoms with Gasteiger partial charge in [0.25, 0.3) is 0 Å². The topological polar surface area (TPSA) is 54.9 Å². The van der Waals surface area contributed by atoms with E-state index in [1.54, 1.807) is 0 Å². The molecule has 0 radical (unpaired) electrons. The van der Waals surface area contributed by atoms with Gasteiger partial charge in [-0.3, -0.25) is 9.78 Å². The average Bonchev–Trinajstić information content (AvgIpc) is 2.27. The van der Waals surface area contributed by atoms with E-state index in [0.717, 1.165) is 16.7 Å². The molecule has 1 heterocycles. The predicted octanol–water partition coefficient (Wildman–Crippen LogP) is 1.87. The molecule has 1 N–H and O–H groups in total. The Kier molecular flexibility index (Phi) is 2.33. The zero-order chi connectivity index (χ0) is 10.8. The van der Waals surface area contributed by atoms with Crippen molar-refractivity contribution in [2.24, 2.45) is 0 Å². The van der Waals surface area contributed by atoms with Gasteiger partial charge in [-0.2, -0.15) is 0 Å². The number of anilines is 1. The summed E-state index contributed by atoms with van der Waals surface area (Å²) in [5.74, 6) is -0.0675. The Morgan fingerprint density at radius 2 is 2.13 bits per heavy atom. The summed E-state index contributed by atoms with van der Waals surface area (Å²) in [6.45, 7) is 1.48. The molecule has 1 aromatic heterocycles. The first kappa shape index (κ1) is 9.58. The van der Waals surface area contributed by atoms with E-state index in [1.807, 2.05) is 25.2 Å². The molecule has 0 fully saturated rings. The predicted molar refractivity (Wildman–Crippen MR) is 59.1 cm³/mol. The van der Waals surface area contributed by atoms with Gasteiger partial charge >= 0.3 is 0 Å². The van der Waals surface area contributed by atoms with Crippen molar-refractivity contribution in [3.8, 4) is 0 Å². The van der Waals surface area contributed by atoms with Crippen LogP contribution in [0.4, 0.5) is 5.69 Å². The maximum Gasteiger partial charge on any atom is 0.179 e. The Labute approximate surface area is 87.4 Å². The van der Waals surface area contributed by atoms with E-state index in [0.29, 0.717) is 5.69 Å². The summed E-state index contributed by atoms with van der Waals surface area (Å²) in [5, 5.41) is 3.02. The van der Waals surface area contributed by atoms with Crippen LogP contribution in [0.15, 0.2) is 24.4 Å². The van der Waals surface area contributed by atoms with Crippen molar-refractivity contribution < 1.29 is 4.79 Å². The molecule has 4 nitrogen and oxygen atoms in total. The van der Waals surface area contributed by atoms with Crippen LogP contribution in [0.25, 0.3) is 11.0 Å². The minimum atomic E-state index is -0.0675. The summed E-state index contributed by atoms with van der Waals surface area (Å²) in [6, 6.07) is 5.65. The normalized spacial score (nSPS) is 10.3. The first-order chi connectivity index (χ1) is 7.20. The van der Waals surface area contributed by atoms with Gasteiger partial charge in [-0.15, -0.1) is 0 Å². The van der Waals surface area contributed by atoms with Crippen LogP contribution in [0.1, 0.15) is 17.4 Å². The van der Waals surface area contributed by atoms with Gasteiger partial charge in [0.05, 0.1) is 17.2 Å². The van der Waals surface area contributed by atoms with Gasteiger partial charge in [-0.1, -0.05) is 0 Å². The Bertz CT molecular complexity index is 522. The number of nitrogens with zero attached hydrogens (tertiary/aromatic N) is 2. The number of hydrogen-bond donors (Lipinski definition) is 1. The molecule has 0 aliphatic rings. The van der Waals surface area contributed by atoms with Gasteiger partial charge in [-0.25, -0.2) is 4.98 Å². The first-order valence-electron chi connectivity index (χ1n) is 4.66. The number of ketones is 1. The lowest BCUT2D eigenvalue weighted by Gasteiger charge is -2.02. The highest BCUT2D eigenvalue weighted by Gasteiger charge is 2.03. The van der Waals surface area contributed by atoms with E-state index in [4.69, 9.17) is 0 Å². The van der Waals surface area contributed by atoms with Gasteiger partial charge in [0, 0.05) is 19.7 Å². The molecule has 2 rings (SSSR count). The van der Waals surface area contributed by atoms with Gasteiger partial charge in [0.1, 0.15) is 5.69 Å². The molecular weight excluding hydrogens is 190 g/mol. The first-order valence-corrected chi connectivity index (χ1v) is 4.66. The fourth-order valence-electron chi connectivity index (χ4n) is 1.34. The van der Waals surface area contributed by atoms with Crippen molar-refractivity contribution >= 4 is 22.5 Å². The van der Waals surface area contributed by atoms with Crippen molar-refractivity contribution in [1.29, 1.82) is 0 Å². The van der Waals surface area contributed by atoms with Crippen molar-refractivity contribution in [1.82, 2.24) is 9.97 Å². The molecule has 4 heteroatoms. The van der Waals surface area contributed by atoms with Gasteiger partial charge in [-0.05, 0) is 18.2 Å². The summed E-state index contributed by atoms with van der Waals surface area (Å²) in [5.41, 5.74) is 2.90. The summed E-state index contributed by atoms with van der Waals surface area (Å²) in [4.78, 5) is 19.5. The Morgan fingerprint density at radius 3 is 2.80 bits per heavy atom. The molecule has 1 aromatic carbocycles. The van der Waals surface area contributed by atoms with E-state index in [-0.39, 0.29) is 5.78 Å². The maximum atomic E-state index is 11.1. The number of hydrogen-bond acceptors (Lipinski definition) is 4. The van der Waals surface area contributed by atoms with Gasteiger partial charge in [0.2, 0.25) is 0 Å². The molecule has 0 aliphatic heterocycles. The number of benzene rings is 1.